The van der Waals surface area contributed by atoms with Crippen molar-refractivity contribution in [2.45, 2.75) is 24.7 Å². The number of benzene rings is 2. The highest BCUT2D eigenvalue weighted by atomic mass is 32.2. The van der Waals surface area contributed by atoms with Crippen LogP contribution in [0.2, 0.25) is 0 Å². The van der Waals surface area contributed by atoms with Gasteiger partial charge in [0.05, 0.1) is 12.0 Å². The number of carbonyl (C=O) groups excluding carboxylic acids is 1. The number of piperazine rings is 1. The molecular formula is C23H29N3O4S. The number of anilines is 1. The Morgan fingerprint density at radius 2 is 1.55 bits per heavy atom. The quantitative estimate of drug-likeness (QED) is 0.711. The topological polar surface area (TPSA) is 70.2 Å². The Kier molecular flexibility index (Phi) is 6.20. The lowest BCUT2D eigenvalue weighted by molar-refractivity contribution is 0.0746. The van der Waals surface area contributed by atoms with Gasteiger partial charge in [0.15, 0.2) is 0 Å². The molecule has 0 radical (unpaired) electrons. The van der Waals surface area contributed by atoms with Crippen molar-refractivity contribution in [2.75, 3.05) is 51.3 Å². The number of aryl methyl sites for hydroxylation is 1. The molecule has 2 aromatic rings. The van der Waals surface area contributed by atoms with Crippen LogP contribution in [-0.4, -0.2) is 69.9 Å². The van der Waals surface area contributed by atoms with E-state index in [1.807, 2.05) is 36.1 Å². The molecule has 0 aromatic heterocycles. The van der Waals surface area contributed by atoms with E-state index in [2.05, 4.69) is 4.90 Å². The molecule has 0 unspecified atom stereocenters. The van der Waals surface area contributed by atoms with E-state index in [0.717, 1.165) is 42.9 Å². The van der Waals surface area contributed by atoms with Gasteiger partial charge in [-0.05, 0) is 61.7 Å². The molecular weight excluding hydrogens is 414 g/mol. The summed E-state index contributed by atoms with van der Waals surface area (Å²) in [5.74, 6) is 0.710. The first-order chi connectivity index (χ1) is 14.9. The van der Waals surface area contributed by atoms with Crippen LogP contribution in [-0.2, 0) is 10.0 Å². The van der Waals surface area contributed by atoms with E-state index in [-0.39, 0.29) is 10.8 Å². The summed E-state index contributed by atoms with van der Waals surface area (Å²) in [6.07, 6.45) is 1.77. The van der Waals surface area contributed by atoms with Gasteiger partial charge in [-0.25, -0.2) is 8.42 Å². The Morgan fingerprint density at radius 3 is 2.16 bits per heavy atom. The van der Waals surface area contributed by atoms with Crippen LogP contribution < -0.4 is 9.64 Å². The van der Waals surface area contributed by atoms with Gasteiger partial charge >= 0.3 is 0 Å². The lowest BCUT2D eigenvalue weighted by Gasteiger charge is -2.36. The maximum absolute atomic E-state index is 13.2. The van der Waals surface area contributed by atoms with Crippen molar-refractivity contribution in [3.63, 3.8) is 0 Å². The minimum absolute atomic E-state index is 0.106. The maximum atomic E-state index is 13.2. The summed E-state index contributed by atoms with van der Waals surface area (Å²) in [6.45, 7) is 5.58. The van der Waals surface area contributed by atoms with E-state index in [4.69, 9.17) is 4.74 Å². The Bertz CT molecular complexity index is 1040. The molecule has 31 heavy (non-hydrogen) atoms. The van der Waals surface area contributed by atoms with Crippen LogP contribution in [0.4, 0.5) is 5.69 Å². The first-order valence-electron chi connectivity index (χ1n) is 10.7. The third-order valence-corrected chi connectivity index (χ3v) is 8.04. The fourth-order valence-electron chi connectivity index (χ4n) is 4.20. The number of nitrogens with zero attached hydrogens (tertiary/aromatic N) is 3. The minimum Gasteiger partial charge on any atom is -0.497 e. The van der Waals surface area contributed by atoms with Gasteiger partial charge in [0, 0.05) is 50.5 Å². The summed E-state index contributed by atoms with van der Waals surface area (Å²) >= 11 is 0. The van der Waals surface area contributed by atoms with Crippen molar-refractivity contribution < 1.29 is 17.9 Å². The first-order valence-corrected chi connectivity index (χ1v) is 12.1. The van der Waals surface area contributed by atoms with E-state index < -0.39 is 10.0 Å². The van der Waals surface area contributed by atoms with Crippen LogP contribution in [0.1, 0.15) is 28.8 Å². The van der Waals surface area contributed by atoms with Crippen LogP contribution >= 0.6 is 0 Å². The summed E-state index contributed by atoms with van der Waals surface area (Å²) in [4.78, 5) is 17.5. The zero-order valence-corrected chi connectivity index (χ0v) is 18.9. The van der Waals surface area contributed by atoms with E-state index in [1.165, 1.54) is 4.31 Å². The van der Waals surface area contributed by atoms with Gasteiger partial charge in [0.25, 0.3) is 5.91 Å². The minimum atomic E-state index is -3.55. The molecule has 166 valence electrons. The predicted octanol–water partition coefficient (Wildman–Crippen LogP) is 2.75. The van der Waals surface area contributed by atoms with Crippen molar-refractivity contribution in [3.05, 3.63) is 53.6 Å². The van der Waals surface area contributed by atoms with Gasteiger partial charge in [-0.15, -0.1) is 0 Å². The summed E-state index contributed by atoms with van der Waals surface area (Å²) in [6, 6.07) is 12.8. The average Bonchev–Trinajstić information content (AvgIpc) is 3.35. The van der Waals surface area contributed by atoms with Crippen LogP contribution in [0.5, 0.6) is 5.75 Å². The van der Waals surface area contributed by atoms with Gasteiger partial charge < -0.3 is 14.5 Å². The molecule has 0 atom stereocenters. The third kappa shape index (κ3) is 4.41. The van der Waals surface area contributed by atoms with E-state index in [1.54, 1.807) is 25.3 Å². The average molecular weight is 444 g/mol. The first kappa shape index (κ1) is 21.6. The lowest BCUT2D eigenvalue weighted by Crippen LogP contribution is -2.49. The molecule has 0 aliphatic carbocycles. The van der Waals surface area contributed by atoms with E-state index in [0.29, 0.717) is 31.7 Å². The molecule has 2 saturated heterocycles. The van der Waals surface area contributed by atoms with E-state index >= 15 is 0 Å². The van der Waals surface area contributed by atoms with Crippen molar-refractivity contribution in [1.82, 2.24) is 9.21 Å². The number of hydrogen-bond donors (Lipinski definition) is 0. The number of rotatable bonds is 5. The second kappa shape index (κ2) is 8.88. The van der Waals surface area contributed by atoms with Crippen molar-refractivity contribution in [2.24, 2.45) is 0 Å². The zero-order chi connectivity index (χ0) is 22.0. The molecule has 8 heteroatoms. The summed E-state index contributed by atoms with van der Waals surface area (Å²) in [5.41, 5.74) is 2.36. The molecule has 2 heterocycles. The molecule has 2 aromatic carbocycles. The van der Waals surface area contributed by atoms with Gasteiger partial charge in [-0.3, -0.25) is 4.79 Å². The summed E-state index contributed by atoms with van der Waals surface area (Å²) in [7, 11) is -1.90. The van der Waals surface area contributed by atoms with E-state index in [9.17, 15) is 13.2 Å². The SMILES string of the molecule is COc1ccc(N2CCN(C(=O)c3cc(S(=O)(=O)N4CCCC4)ccc3C)CC2)cc1. The maximum Gasteiger partial charge on any atom is 0.254 e. The monoisotopic (exact) mass is 443 g/mol. The Hall–Kier alpha value is -2.58. The molecule has 0 saturated carbocycles. The molecule has 2 fully saturated rings. The lowest BCUT2D eigenvalue weighted by atomic mass is 10.1. The Morgan fingerprint density at radius 1 is 0.903 bits per heavy atom. The molecule has 0 N–H and O–H groups in total. The third-order valence-electron chi connectivity index (χ3n) is 6.15. The number of carbonyl (C=O) groups is 1. The van der Waals surface area contributed by atoms with Gasteiger partial charge in [-0.2, -0.15) is 4.31 Å². The molecule has 0 bridgehead atoms. The fraction of sp³-hybridized carbons (Fsp3) is 0.435. The number of sulfonamides is 1. The number of amides is 1. The van der Waals surface area contributed by atoms with Crippen LogP contribution in [0.25, 0.3) is 0 Å². The second-order valence-corrected chi connectivity index (χ2v) is 10.0. The predicted molar refractivity (Wildman–Crippen MR) is 120 cm³/mol. The number of methoxy groups -OCH3 is 1. The standard InChI is InChI=1S/C23H29N3O4S/c1-18-5-10-21(31(28,29)26-11-3-4-12-26)17-22(18)23(27)25-15-13-24(14-16-25)19-6-8-20(30-2)9-7-19/h5-10,17H,3-4,11-16H2,1-2H3. The zero-order valence-electron chi connectivity index (χ0n) is 18.1. The smallest absolute Gasteiger partial charge is 0.254 e. The molecule has 0 spiro atoms. The molecule has 2 aliphatic rings. The second-order valence-electron chi connectivity index (χ2n) is 8.07. The highest BCUT2D eigenvalue weighted by molar-refractivity contribution is 7.89. The fourth-order valence-corrected chi connectivity index (χ4v) is 5.74. The highest BCUT2D eigenvalue weighted by Gasteiger charge is 2.29. The molecule has 2 aliphatic heterocycles. The van der Waals surface area contributed by atoms with Crippen molar-refractivity contribution in [1.29, 1.82) is 0 Å². The van der Waals surface area contributed by atoms with Crippen molar-refractivity contribution >= 4 is 21.6 Å². The molecule has 4 rings (SSSR count). The van der Waals surface area contributed by atoms with Gasteiger partial charge in [-0.1, -0.05) is 6.07 Å². The summed E-state index contributed by atoms with van der Waals surface area (Å²) < 4.78 is 32.6. The Balaban J connectivity index is 1.47. The van der Waals surface area contributed by atoms with Crippen LogP contribution in [0.15, 0.2) is 47.4 Å². The van der Waals surface area contributed by atoms with Gasteiger partial charge in [0.1, 0.15) is 5.75 Å². The van der Waals surface area contributed by atoms with Gasteiger partial charge in [0.2, 0.25) is 10.0 Å². The normalized spacial score (nSPS) is 17.7. The largest absolute Gasteiger partial charge is 0.497 e. The Labute approximate surface area is 184 Å². The number of ether oxygens (including phenoxy) is 1. The molecule has 1 amide bonds. The van der Waals surface area contributed by atoms with Crippen LogP contribution in [0, 0.1) is 6.92 Å². The van der Waals surface area contributed by atoms with Crippen molar-refractivity contribution in [3.8, 4) is 5.75 Å². The van der Waals surface area contributed by atoms with Crippen LogP contribution in [0.3, 0.4) is 0 Å². The number of hydrogen-bond acceptors (Lipinski definition) is 5. The highest BCUT2D eigenvalue weighted by Crippen LogP contribution is 2.25. The molecule has 7 nitrogen and oxygen atoms in total. The summed E-state index contributed by atoms with van der Waals surface area (Å²) in [5, 5.41) is 0.